The topological polar surface area (TPSA) is 29.9 Å². The number of nitrogens with one attached hydrogen (secondary N) is 1. The zero-order valence-electron chi connectivity index (χ0n) is 11.8. The second-order valence-electron chi connectivity index (χ2n) is 6.50. The van der Waals surface area contributed by atoms with Gasteiger partial charge in [-0.15, -0.1) is 0 Å². The predicted octanol–water partition coefficient (Wildman–Crippen LogP) is 3.45. The monoisotopic (exact) mass is 247 g/mol. The van der Waals surface area contributed by atoms with E-state index in [0.29, 0.717) is 6.04 Å². The summed E-state index contributed by atoms with van der Waals surface area (Å²) in [7, 11) is 0. The highest BCUT2D eigenvalue weighted by atomic mass is 15.2. The number of nitrogens with zero attached hydrogens (tertiary/aromatic N) is 2. The van der Waals surface area contributed by atoms with Crippen molar-refractivity contribution in [3.05, 3.63) is 11.9 Å². The van der Waals surface area contributed by atoms with E-state index in [1.54, 1.807) is 0 Å². The van der Waals surface area contributed by atoms with Gasteiger partial charge in [0, 0.05) is 18.8 Å². The first-order valence-electron chi connectivity index (χ1n) is 7.44. The summed E-state index contributed by atoms with van der Waals surface area (Å²) in [6.07, 6.45) is 8.05. The van der Waals surface area contributed by atoms with Crippen LogP contribution in [-0.4, -0.2) is 15.6 Å². The Labute approximate surface area is 110 Å². The van der Waals surface area contributed by atoms with Gasteiger partial charge < -0.3 is 9.88 Å². The molecule has 1 heterocycles. The third-order valence-electron chi connectivity index (χ3n) is 4.18. The van der Waals surface area contributed by atoms with Crippen LogP contribution in [0, 0.1) is 24.7 Å². The van der Waals surface area contributed by atoms with Crippen molar-refractivity contribution in [2.75, 3.05) is 5.32 Å². The van der Waals surface area contributed by atoms with E-state index >= 15 is 0 Å². The summed E-state index contributed by atoms with van der Waals surface area (Å²) in [6.45, 7) is 7.61. The molecule has 3 rings (SSSR count). The molecule has 2 saturated carbocycles. The Morgan fingerprint density at radius 1 is 1.28 bits per heavy atom. The molecule has 3 heteroatoms. The predicted molar refractivity (Wildman–Crippen MR) is 74.7 cm³/mol. The zero-order valence-corrected chi connectivity index (χ0v) is 11.8. The fourth-order valence-electron chi connectivity index (χ4n) is 3.02. The number of aromatic nitrogens is 2. The van der Waals surface area contributed by atoms with Crippen LogP contribution in [0.1, 0.15) is 45.2 Å². The standard InChI is InChI=1S/C15H25N3/c1-10(2)16-15-17-11(3)8-18(15)9-14(12-4-5-12)13-6-7-13/h8,10,12-14H,4-7,9H2,1-3H3,(H,16,17). The molecule has 18 heavy (non-hydrogen) atoms. The Morgan fingerprint density at radius 2 is 1.89 bits per heavy atom. The number of imidazole rings is 1. The molecule has 1 N–H and O–H groups in total. The third-order valence-corrected chi connectivity index (χ3v) is 4.18. The highest BCUT2D eigenvalue weighted by Gasteiger charge is 2.41. The van der Waals surface area contributed by atoms with Gasteiger partial charge in [0.15, 0.2) is 0 Å². The second kappa shape index (κ2) is 4.60. The summed E-state index contributed by atoms with van der Waals surface area (Å²) in [6, 6.07) is 0.450. The van der Waals surface area contributed by atoms with Crippen molar-refractivity contribution in [2.24, 2.45) is 17.8 Å². The summed E-state index contributed by atoms with van der Waals surface area (Å²) >= 11 is 0. The van der Waals surface area contributed by atoms with Gasteiger partial charge in [-0.05, 0) is 64.2 Å². The van der Waals surface area contributed by atoms with Gasteiger partial charge in [0.25, 0.3) is 0 Å². The highest BCUT2D eigenvalue weighted by molar-refractivity contribution is 5.29. The minimum absolute atomic E-state index is 0.450. The first-order valence-corrected chi connectivity index (χ1v) is 7.44. The minimum Gasteiger partial charge on any atom is -0.353 e. The Kier molecular flexibility index (Phi) is 3.08. The van der Waals surface area contributed by atoms with Gasteiger partial charge in [0.05, 0.1) is 5.69 Å². The Balaban J connectivity index is 1.73. The summed E-state index contributed by atoms with van der Waals surface area (Å²) < 4.78 is 2.36. The molecule has 0 saturated heterocycles. The van der Waals surface area contributed by atoms with E-state index in [2.05, 4.69) is 41.8 Å². The SMILES string of the molecule is Cc1cn(CC(C2CC2)C2CC2)c(NC(C)C)n1. The first kappa shape index (κ1) is 12.1. The maximum atomic E-state index is 4.62. The molecule has 2 fully saturated rings. The molecule has 1 aromatic rings. The fraction of sp³-hybridized carbons (Fsp3) is 0.800. The van der Waals surface area contributed by atoms with E-state index in [1.165, 1.54) is 32.2 Å². The van der Waals surface area contributed by atoms with Crippen LogP contribution in [0.3, 0.4) is 0 Å². The lowest BCUT2D eigenvalue weighted by molar-refractivity contribution is 0.350. The van der Waals surface area contributed by atoms with Gasteiger partial charge in [0.2, 0.25) is 5.95 Å². The van der Waals surface area contributed by atoms with Gasteiger partial charge in [-0.3, -0.25) is 0 Å². The largest absolute Gasteiger partial charge is 0.353 e. The lowest BCUT2D eigenvalue weighted by Gasteiger charge is -2.19. The summed E-state index contributed by atoms with van der Waals surface area (Å²) in [5.74, 6) is 3.99. The second-order valence-corrected chi connectivity index (χ2v) is 6.50. The van der Waals surface area contributed by atoms with E-state index in [-0.39, 0.29) is 0 Å². The normalized spacial score (nSPS) is 19.8. The first-order chi connectivity index (χ1) is 8.63. The smallest absolute Gasteiger partial charge is 0.203 e. The Bertz CT molecular complexity index is 401. The fourth-order valence-corrected chi connectivity index (χ4v) is 3.02. The van der Waals surface area contributed by atoms with Crippen molar-refractivity contribution in [1.82, 2.24) is 9.55 Å². The molecule has 0 amide bonds. The number of anilines is 1. The molecule has 0 bridgehead atoms. The van der Waals surface area contributed by atoms with Crippen molar-refractivity contribution >= 4 is 5.95 Å². The van der Waals surface area contributed by atoms with Crippen LogP contribution in [-0.2, 0) is 6.54 Å². The molecule has 0 unspecified atom stereocenters. The number of hydrogen-bond acceptors (Lipinski definition) is 2. The summed E-state index contributed by atoms with van der Waals surface area (Å²) in [4.78, 5) is 4.62. The summed E-state index contributed by atoms with van der Waals surface area (Å²) in [5, 5.41) is 3.47. The number of rotatable bonds is 6. The summed E-state index contributed by atoms with van der Waals surface area (Å²) in [5.41, 5.74) is 1.13. The maximum Gasteiger partial charge on any atom is 0.203 e. The molecule has 2 aliphatic rings. The molecule has 0 radical (unpaired) electrons. The molecular weight excluding hydrogens is 222 g/mol. The van der Waals surface area contributed by atoms with Crippen LogP contribution < -0.4 is 5.32 Å². The van der Waals surface area contributed by atoms with Crippen molar-refractivity contribution in [2.45, 2.75) is 59.0 Å². The lowest BCUT2D eigenvalue weighted by Crippen LogP contribution is -2.19. The third kappa shape index (κ3) is 2.70. The van der Waals surface area contributed by atoms with E-state index in [9.17, 15) is 0 Å². The molecule has 100 valence electrons. The van der Waals surface area contributed by atoms with Gasteiger partial charge in [-0.25, -0.2) is 4.98 Å². The van der Waals surface area contributed by atoms with Crippen molar-refractivity contribution in [1.29, 1.82) is 0 Å². The lowest BCUT2D eigenvalue weighted by atomic mass is 9.98. The van der Waals surface area contributed by atoms with Crippen LogP contribution >= 0.6 is 0 Å². The van der Waals surface area contributed by atoms with Gasteiger partial charge >= 0.3 is 0 Å². The molecule has 0 spiro atoms. The highest BCUT2D eigenvalue weighted by Crippen LogP contribution is 2.50. The Morgan fingerprint density at radius 3 is 2.39 bits per heavy atom. The molecule has 0 atom stereocenters. The van der Waals surface area contributed by atoms with Crippen LogP contribution in [0.5, 0.6) is 0 Å². The van der Waals surface area contributed by atoms with Crippen LogP contribution in [0.2, 0.25) is 0 Å². The van der Waals surface area contributed by atoms with Crippen molar-refractivity contribution < 1.29 is 0 Å². The average Bonchev–Trinajstić information content (AvgIpc) is 3.16. The van der Waals surface area contributed by atoms with Crippen LogP contribution in [0.4, 0.5) is 5.95 Å². The van der Waals surface area contributed by atoms with Crippen LogP contribution in [0.25, 0.3) is 0 Å². The van der Waals surface area contributed by atoms with Gasteiger partial charge in [0.1, 0.15) is 0 Å². The molecular formula is C15H25N3. The molecule has 0 aromatic carbocycles. The number of hydrogen-bond donors (Lipinski definition) is 1. The van der Waals surface area contributed by atoms with E-state index in [1.807, 2.05) is 0 Å². The molecule has 2 aliphatic carbocycles. The van der Waals surface area contributed by atoms with Crippen molar-refractivity contribution in [3.8, 4) is 0 Å². The molecule has 3 nitrogen and oxygen atoms in total. The number of aryl methyl sites for hydroxylation is 1. The molecule has 0 aliphatic heterocycles. The quantitative estimate of drug-likeness (QED) is 0.834. The van der Waals surface area contributed by atoms with E-state index in [4.69, 9.17) is 0 Å². The van der Waals surface area contributed by atoms with E-state index in [0.717, 1.165) is 29.4 Å². The van der Waals surface area contributed by atoms with E-state index < -0.39 is 0 Å². The van der Waals surface area contributed by atoms with Crippen LogP contribution in [0.15, 0.2) is 6.20 Å². The van der Waals surface area contributed by atoms with Gasteiger partial charge in [-0.2, -0.15) is 0 Å². The molecule has 1 aromatic heterocycles. The van der Waals surface area contributed by atoms with Gasteiger partial charge in [-0.1, -0.05) is 0 Å². The Hall–Kier alpha value is -0.990. The van der Waals surface area contributed by atoms with Crippen molar-refractivity contribution in [3.63, 3.8) is 0 Å². The minimum atomic E-state index is 0.450. The average molecular weight is 247 g/mol. The zero-order chi connectivity index (χ0) is 12.7. The maximum absolute atomic E-state index is 4.62.